The van der Waals surface area contributed by atoms with Gasteiger partial charge in [-0.3, -0.25) is 0 Å². The molecule has 0 fully saturated rings. The molecule has 0 bridgehead atoms. The van der Waals surface area contributed by atoms with E-state index >= 15 is 0 Å². The molecule has 2 aromatic rings. The molecule has 0 spiro atoms. The number of nitrogens with zero attached hydrogens (tertiary/aromatic N) is 2. The zero-order chi connectivity index (χ0) is 13.0. The summed E-state index contributed by atoms with van der Waals surface area (Å²) in [5, 5.41) is 3.24. The van der Waals surface area contributed by atoms with Crippen LogP contribution in [0.4, 0.5) is 5.69 Å². The molecule has 0 atom stereocenters. The lowest BCUT2D eigenvalue weighted by molar-refractivity contribution is 0.0601. The van der Waals surface area contributed by atoms with Crippen LogP contribution in [0.5, 0.6) is 0 Å². The normalized spacial score (nSPS) is 10.1. The van der Waals surface area contributed by atoms with Crippen molar-refractivity contribution in [2.75, 3.05) is 12.4 Å². The second-order valence-corrected chi connectivity index (χ2v) is 3.92. The monoisotopic (exact) mass is 245 g/mol. The summed E-state index contributed by atoms with van der Waals surface area (Å²) in [6.45, 7) is 0.654. The van der Waals surface area contributed by atoms with Crippen LogP contribution in [0.15, 0.2) is 36.8 Å². The van der Waals surface area contributed by atoms with Crippen molar-refractivity contribution in [1.29, 1.82) is 0 Å². The molecule has 0 aliphatic rings. The summed E-state index contributed by atoms with van der Waals surface area (Å²) in [5.41, 5.74) is 2.48. The first-order valence-electron chi connectivity index (χ1n) is 5.58. The Morgan fingerprint density at radius 1 is 1.50 bits per heavy atom. The van der Waals surface area contributed by atoms with Gasteiger partial charge in [0.15, 0.2) is 0 Å². The van der Waals surface area contributed by atoms with Crippen LogP contribution in [0.3, 0.4) is 0 Å². The number of anilines is 1. The van der Waals surface area contributed by atoms with Gasteiger partial charge in [0.05, 0.1) is 31.2 Å². The number of aromatic nitrogens is 2. The van der Waals surface area contributed by atoms with E-state index in [4.69, 9.17) is 0 Å². The molecule has 1 N–H and O–H groups in total. The highest BCUT2D eigenvalue weighted by atomic mass is 16.5. The van der Waals surface area contributed by atoms with Crippen LogP contribution in [0, 0.1) is 0 Å². The zero-order valence-corrected chi connectivity index (χ0v) is 10.4. The van der Waals surface area contributed by atoms with Crippen molar-refractivity contribution < 1.29 is 9.53 Å². The molecular weight excluding hydrogens is 230 g/mol. The summed E-state index contributed by atoms with van der Waals surface area (Å²) < 4.78 is 6.62. The molecule has 18 heavy (non-hydrogen) atoms. The van der Waals surface area contributed by atoms with E-state index in [0.717, 1.165) is 11.4 Å². The topological polar surface area (TPSA) is 56.1 Å². The molecule has 5 nitrogen and oxygen atoms in total. The molecule has 0 amide bonds. The van der Waals surface area contributed by atoms with Crippen molar-refractivity contribution in [2.45, 2.75) is 6.54 Å². The van der Waals surface area contributed by atoms with Crippen LogP contribution in [-0.4, -0.2) is 22.6 Å². The lowest BCUT2D eigenvalue weighted by Gasteiger charge is -2.08. The third-order valence-electron chi connectivity index (χ3n) is 2.67. The number of nitrogens with one attached hydrogen (secondary N) is 1. The van der Waals surface area contributed by atoms with Crippen molar-refractivity contribution >= 4 is 11.7 Å². The van der Waals surface area contributed by atoms with E-state index < -0.39 is 0 Å². The number of carbonyl (C=O) groups is 1. The average Bonchev–Trinajstić information content (AvgIpc) is 2.81. The molecule has 1 heterocycles. The zero-order valence-electron chi connectivity index (χ0n) is 10.4. The Kier molecular flexibility index (Phi) is 3.62. The maximum atomic E-state index is 11.4. The molecule has 0 unspecified atom stereocenters. The summed E-state index contributed by atoms with van der Waals surface area (Å²) >= 11 is 0. The van der Waals surface area contributed by atoms with Crippen LogP contribution in [0.1, 0.15) is 16.1 Å². The van der Waals surface area contributed by atoms with Gasteiger partial charge >= 0.3 is 5.97 Å². The highest BCUT2D eigenvalue weighted by Gasteiger charge is 2.05. The molecular formula is C13H15N3O2. The first kappa shape index (κ1) is 12.2. The molecule has 94 valence electrons. The average molecular weight is 245 g/mol. The summed E-state index contributed by atoms with van der Waals surface area (Å²) in [5.74, 6) is -0.334. The Balaban J connectivity index is 2.06. The largest absolute Gasteiger partial charge is 0.465 e. The third kappa shape index (κ3) is 2.68. The summed E-state index contributed by atoms with van der Waals surface area (Å²) in [6.07, 6.45) is 3.55. The van der Waals surface area contributed by atoms with Gasteiger partial charge in [-0.2, -0.15) is 0 Å². The number of methoxy groups -OCH3 is 1. The van der Waals surface area contributed by atoms with Crippen LogP contribution in [0.2, 0.25) is 0 Å². The second kappa shape index (κ2) is 5.35. The Bertz CT molecular complexity index is 549. The van der Waals surface area contributed by atoms with Gasteiger partial charge in [-0.25, -0.2) is 9.78 Å². The van der Waals surface area contributed by atoms with Crippen LogP contribution in [0.25, 0.3) is 0 Å². The molecule has 0 aliphatic carbocycles. The highest BCUT2D eigenvalue weighted by Crippen LogP contribution is 2.12. The minimum Gasteiger partial charge on any atom is -0.465 e. The van der Waals surface area contributed by atoms with E-state index in [2.05, 4.69) is 15.0 Å². The van der Waals surface area contributed by atoms with Crippen LogP contribution >= 0.6 is 0 Å². The molecule has 0 radical (unpaired) electrons. The SMILES string of the molecule is COC(=O)c1cccc(NCc2cncn2C)c1. The van der Waals surface area contributed by atoms with Gasteiger partial charge in [0.2, 0.25) is 0 Å². The fraction of sp³-hybridized carbons (Fsp3) is 0.231. The minimum absolute atomic E-state index is 0.334. The number of rotatable bonds is 4. The summed E-state index contributed by atoms with van der Waals surface area (Å²) in [4.78, 5) is 15.4. The Labute approximate surface area is 105 Å². The third-order valence-corrected chi connectivity index (χ3v) is 2.67. The number of imidazole rings is 1. The first-order valence-corrected chi connectivity index (χ1v) is 5.58. The highest BCUT2D eigenvalue weighted by molar-refractivity contribution is 5.90. The summed E-state index contributed by atoms with van der Waals surface area (Å²) in [7, 11) is 3.31. The fourth-order valence-electron chi connectivity index (χ4n) is 1.62. The number of hydrogen-bond acceptors (Lipinski definition) is 4. The van der Waals surface area contributed by atoms with E-state index in [1.54, 1.807) is 24.7 Å². The molecule has 2 rings (SSSR count). The standard InChI is InChI=1S/C13H15N3O2/c1-16-9-14-7-12(16)8-15-11-5-3-4-10(6-11)13(17)18-2/h3-7,9,15H,8H2,1-2H3. The van der Waals surface area contributed by atoms with Crippen molar-refractivity contribution in [3.63, 3.8) is 0 Å². The van der Waals surface area contributed by atoms with Crippen molar-refractivity contribution in [2.24, 2.45) is 7.05 Å². The number of carbonyl (C=O) groups excluding carboxylic acids is 1. The molecule has 0 saturated heterocycles. The lowest BCUT2D eigenvalue weighted by atomic mass is 10.2. The van der Waals surface area contributed by atoms with E-state index in [1.807, 2.05) is 23.7 Å². The number of ether oxygens (including phenoxy) is 1. The Morgan fingerprint density at radius 3 is 3.00 bits per heavy atom. The van der Waals surface area contributed by atoms with Gasteiger partial charge in [0, 0.05) is 18.9 Å². The molecule has 0 saturated carbocycles. The maximum absolute atomic E-state index is 11.4. The van der Waals surface area contributed by atoms with Gasteiger partial charge in [0.1, 0.15) is 0 Å². The van der Waals surface area contributed by atoms with Gasteiger partial charge < -0.3 is 14.6 Å². The fourth-order valence-corrected chi connectivity index (χ4v) is 1.62. The van der Waals surface area contributed by atoms with E-state index in [0.29, 0.717) is 12.1 Å². The molecule has 0 aliphatic heterocycles. The van der Waals surface area contributed by atoms with Crippen LogP contribution in [-0.2, 0) is 18.3 Å². The molecule has 5 heteroatoms. The van der Waals surface area contributed by atoms with Crippen LogP contribution < -0.4 is 5.32 Å². The van der Waals surface area contributed by atoms with Gasteiger partial charge in [0.25, 0.3) is 0 Å². The van der Waals surface area contributed by atoms with E-state index in [1.165, 1.54) is 7.11 Å². The van der Waals surface area contributed by atoms with Gasteiger partial charge in [-0.15, -0.1) is 0 Å². The Morgan fingerprint density at radius 2 is 2.33 bits per heavy atom. The van der Waals surface area contributed by atoms with Crippen molar-refractivity contribution in [3.8, 4) is 0 Å². The Hall–Kier alpha value is -2.30. The number of aryl methyl sites for hydroxylation is 1. The number of hydrogen-bond donors (Lipinski definition) is 1. The van der Waals surface area contributed by atoms with Gasteiger partial charge in [-0.1, -0.05) is 6.07 Å². The van der Waals surface area contributed by atoms with E-state index in [-0.39, 0.29) is 5.97 Å². The minimum atomic E-state index is -0.334. The predicted molar refractivity (Wildman–Crippen MR) is 68.3 cm³/mol. The predicted octanol–water partition coefficient (Wildman–Crippen LogP) is 1.82. The maximum Gasteiger partial charge on any atom is 0.337 e. The number of benzene rings is 1. The number of esters is 1. The second-order valence-electron chi connectivity index (χ2n) is 3.92. The quantitative estimate of drug-likeness (QED) is 0.835. The molecule has 1 aromatic carbocycles. The first-order chi connectivity index (χ1) is 8.70. The van der Waals surface area contributed by atoms with Gasteiger partial charge in [-0.05, 0) is 18.2 Å². The van der Waals surface area contributed by atoms with Crippen molar-refractivity contribution in [3.05, 3.63) is 48.0 Å². The van der Waals surface area contributed by atoms with Crippen molar-refractivity contribution in [1.82, 2.24) is 9.55 Å². The summed E-state index contributed by atoms with van der Waals surface area (Å²) in [6, 6.07) is 7.21. The lowest BCUT2D eigenvalue weighted by Crippen LogP contribution is -2.06. The smallest absolute Gasteiger partial charge is 0.337 e. The van der Waals surface area contributed by atoms with E-state index in [9.17, 15) is 4.79 Å². The molecule has 1 aromatic heterocycles.